The Morgan fingerprint density at radius 3 is 2.09 bits per heavy atom. The van der Waals surface area contributed by atoms with Crippen LogP contribution in [0, 0.1) is 5.92 Å². The minimum Gasteiger partial charge on any atom is -0.275 e. The Balaban J connectivity index is 2.59. The zero-order valence-electron chi connectivity index (χ0n) is 6.70. The summed E-state index contributed by atoms with van der Waals surface area (Å²) in [6.45, 7) is 4.46. The SMILES string of the molecule is CC(C)CN1C(=O)C=CC1=O. The molecule has 0 unspecified atom stereocenters. The number of carbonyl (C=O) groups is 2. The topological polar surface area (TPSA) is 37.4 Å². The van der Waals surface area contributed by atoms with Crippen LogP contribution in [-0.4, -0.2) is 23.3 Å². The molecule has 0 spiro atoms. The van der Waals surface area contributed by atoms with Crippen molar-refractivity contribution in [2.24, 2.45) is 5.92 Å². The monoisotopic (exact) mass is 153 g/mol. The van der Waals surface area contributed by atoms with E-state index in [4.69, 9.17) is 0 Å². The van der Waals surface area contributed by atoms with Gasteiger partial charge in [-0.15, -0.1) is 0 Å². The van der Waals surface area contributed by atoms with Crippen LogP contribution in [0.2, 0.25) is 0 Å². The largest absolute Gasteiger partial charge is 0.275 e. The van der Waals surface area contributed by atoms with Crippen LogP contribution in [0.3, 0.4) is 0 Å². The van der Waals surface area contributed by atoms with E-state index in [2.05, 4.69) is 0 Å². The number of amides is 2. The third-order valence-electron chi connectivity index (χ3n) is 1.45. The van der Waals surface area contributed by atoms with Crippen molar-refractivity contribution in [3.8, 4) is 0 Å². The lowest BCUT2D eigenvalue weighted by atomic mass is 10.2. The predicted molar refractivity (Wildman–Crippen MR) is 40.7 cm³/mol. The smallest absolute Gasteiger partial charge is 0.253 e. The number of rotatable bonds is 2. The average Bonchev–Trinajstić information content (AvgIpc) is 2.18. The molecule has 1 aliphatic heterocycles. The van der Waals surface area contributed by atoms with Gasteiger partial charge in [0.2, 0.25) is 0 Å². The maximum Gasteiger partial charge on any atom is 0.253 e. The third kappa shape index (κ3) is 1.67. The van der Waals surface area contributed by atoms with Crippen molar-refractivity contribution in [2.45, 2.75) is 13.8 Å². The molecule has 1 heterocycles. The second-order valence-electron chi connectivity index (χ2n) is 3.01. The molecule has 11 heavy (non-hydrogen) atoms. The van der Waals surface area contributed by atoms with Gasteiger partial charge >= 0.3 is 0 Å². The quantitative estimate of drug-likeness (QED) is 0.544. The van der Waals surface area contributed by atoms with Crippen LogP contribution in [0.25, 0.3) is 0 Å². The molecule has 3 heteroatoms. The summed E-state index contributed by atoms with van der Waals surface area (Å²) in [4.78, 5) is 23.1. The van der Waals surface area contributed by atoms with Crippen LogP contribution < -0.4 is 0 Å². The van der Waals surface area contributed by atoms with Gasteiger partial charge in [-0.1, -0.05) is 13.8 Å². The molecule has 0 N–H and O–H groups in total. The summed E-state index contributed by atoms with van der Waals surface area (Å²) in [6.07, 6.45) is 2.62. The predicted octanol–water partition coefficient (Wildman–Crippen LogP) is 0.567. The highest BCUT2D eigenvalue weighted by Gasteiger charge is 2.23. The van der Waals surface area contributed by atoms with Crippen molar-refractivity contribution in [3.05, 3.63) is 12.2 Å². The summed E-state index contributed by atoms with van der Waals surface area (Å²) >= 11 is 0. The molecule has 60 valence electrons. The highest BCUT2D eigenvalue weighted by Crippen LogP contribution is 2.06. The maximum absolute atomic E-state index is 10.9. The first-order valence-electron chi connectivity index (χ1n) is 3.65. The first-order chi connectivity index (χ1) is 5.11. The van der Waals surface area contributed by atoms with Crippen molar-refractivity contribution < 1.29 is 9.59 Å². The van der Waals surface area contributed by atoms with E-state index in [1.807, 2.05) is 13.8 Å². The summed E-state index contributed by atoms with van der Waals surface area (Å²) in [7, 11) is 0. The molecular weight excluding hydrogens is 142 g/mol. The normalized spacial score (nSPS) is 17.2. The van der Waals surface area contributed by atoms with Crippen molar-refractivity contribution >= 4 is 11.8 Å². The van der Waals surface area contributed by atoms with E-state index in [0.29, 0.717) is 12.5 Å². The molecule has 0 aromatic heterocycles. The summed E-state index contributed by atoms with van der Waals surface area (Å²) < 4.78 is 0. The summed E-state index contributed by atoms with van der Waals surface area (Å²) in [5.74, 6) is -0.0461. The Kier molecular flexibility index (Phi) is 2.08. The minimum absolute atomic E-state index is 0.191. The van der Waals surface area contributed by atoms with Gasteiger partial charge < -0.3 is 0 Å². The lowest BCUT2D eigenvalue weighted by Crippen LogP contribution is -2.33. The van der Waals surface area contributed by atoms with Gasteiger partial charge in [-0.05, 0) is 5.92 Å². The fourth-order valence-electron chi connectivity index (χ4n) is 0.976. The summed E-state index contributed by atoms with van der Waals surface area (Å²) in [5.41, 5.74) is 0. The first-order valence-corrected chi connectivity index (χ1v) is 3.65. The average molecular weight is 153 g/mol. The lowest BCUT2D eigenvalue weighted by molar-refractivity contribution is -0.137. The highest BCUT2D eigenvalue weighted by atomic mass is 16.2. The molecule has 0 bridgehead atoms. The second kappa shape index (κ2) is 2.86. The van der Waals surface area contributed by atoms with E-state index >= 15 is 0 Å². The number of hydrogen-bond acceptors (Lipinski definition) is 2. The van der Waals surface area contributed by atoms with Crippen LogP contribution in [0.4, 0.5) is 0 Å². The molecule has 0 saturated carbocycles. The molecule has 0 aliphatic carbocycles. The van der Waals surface area contributed by atoms with E-state index in [0.717, 1.165) is 0 Å². The summed E-state index contributed by atoms with van der Waals surface area (Å²) in [5, 5.41) is 0. The molecule has 3 nitrogen and oxygen atoms in total. The second-order valence-corrected chi connectivity index (χ2v) is 3.01. The Bertz CT molecular complexity index is 200. The van der Waals surface area contributed by atoms with E-state index in [1.54, 1.807) is 0 Å². The standard InChI is InChI=1S/C8H11NO2/c1-6(2)5-9-7(10)3-4-8(9)11/h3-4,6H,5H2,1-2H3. The van der Waals surface area contributed by atoms with Gasteiger partial charge in [-0.25, -0.2) is 0 Å². The lowest BCUT2D eigenvalue weighted by Gasteiger charge is -2.15. The van der Waals surface area contributed by atoms with Gasteiger partial charge in [0.25, 0.3) is 11.8 Å². The zero-order chi connectivity index (χ0) is 8.43. The Morgan fingerprint density at radius 1 is 1.27 bits per heavy atom. The Morgan fingerprint density at radius 2 is 1.73 bits per heavy atom. The van der Waals surface area contributed by atoms with Gasteiger partial charge in [-0.3, -0.25) is 14.5 Å². The fraction of sp³-hybridized carbons (Fsp3) is 0.500. The van der Waals surface area contributed by atoms with Gasteiger partial charge in [0.05, 0.1) is 0 Å². The van der Waals surface area contributed by atoms with E-state index in [9.17, 15) is 9.59 Å². The molecule has 1 aliphatic rings. The van der Waals surface area contributed by atoms with E-state index in [1.165, 1.54) is 17.1 Å². The Hall–Kier alpha value is -1.12. The number of nitrogens with zero attached hydrogens (tertiary/aromatic N) is 1. The van der Waals surface area contributed by atoms with Gasteiger partial charge in [-0.2, -0.15) is 0 Å². The molecule has 0 aromatic rings. The van der Waals surface area contributed by atoms with E-state index in [-0.39, 0.29) is 11.8 Å². The molecule has 2 amide bonds. The summed E-state index contributed by atoms with van der Waals surface area (Å²) in [6, 6.07) is 0. The number of hydrogen-bond donors (Lipinski definition) is 0. The molecular formula is C8H11NO2. The van der Waals surface area contributed by atoms with Crippen LogP contribution in [0.1, 0.15) is 13.8 Å². The zero-order valence-corrected chi connectivity index (χ0v) is 6.70. The highest BCUT2D eigenvalue weighted by molar-refractivity contribution is 6.12. The molecule has 0 aromatic carbocycles. The van der Waals surface area contributed by atoms with Crippen molar-refractivity contribution in [1.82, 2.24) is 4.90 Å². The number of imide groups is 1. The van der Waals surface area contributed by atoms with Gasteiger partial charge in [0.15, 0.2) is 0 Å². The molecule has 0 fully saturated rings. The molecule has 1 rings (SSSR count). The van der Waals surface area contributed by atoms with Gasteiger partial charge in [0, 0.05) is 18.7 Å². The van der Waals surface area contributed by atoms with Crippen molar-refractivity contribution in [3.63, 3.8) is 0 Å². The molecule has 0 radical (unpaired) electrons. The van der Waals surface area contributed by atoms with E-state index < -0.39 is 0 Å². The number of carbonyl (C=O) groups excluding carboxylic acids is 2. The third-order valence-corrected chi connectivity index (χ3v) is 1.45. The first kappa shape index (κ1) is 7.98. The van der Waals surface area contributed by atoms with Gasteiger partial charge in [0.1, 0.15) is 0 Å². The molecule has 0 saturated heterocycles. The van der Waals surface area contributed by atoms with Crippen LogP contribution in [0.15, 0.2) is 12.2 Å². The van der Waals surface area contributed by atoms with Crippen molar-refractivity contribution in [2.75, 3.05) is 6.54 Å². The Labute approximate surface area is 65.7 Å². The van der Waals surface area contributed by atoms with Crippen LogP contribution >= 0.6 is 0 Å². The minimum atomic E-state index is -0.191. The maximum atomic E-state index is 10.9. The van der Waals surface area contributed by atoms with Crippen LogP contribution in [-0.2, 0) is 9.59 Å². The van der Waals surface area contributed by atoms with Crippen molar-refractivity contribution in [1.29, 1.82) is 0 Å². The fourth-order valence-corrected chi connectivity index (χ4v) is 0.976. The molecule has 0 atom stereocenters. The van der Waals surface area contributed by atoms with Crippen LogP contribution in [0.5, 0.6) is 0 Å².